The van der Waals surface area contributed by atoms with E-state index in [1.165, 1.54) is 0 Å². The molecular formula is C6H10O4S. The Morgan fingerprint density at radius 2 is 2.09 bits per heavy atom. The molecule has 0 aliphatic carbocycles. The number of carboxylic acid groups (broad SMARTS) is 1. The summed E-state index contributed by atoms with van der Waals surface area (Å²) in [5.41, 5.74) is 0. The standard InChI is InChI=1S/C6H10O4S/c7-5(8)2-1-3-10-6(9)4-11/h11H,1-4H2,(H,7,8). The molecule has 4 nitrogen and oxygen atoms in total. The molecule has 0 fully saturated rings. The van der Waals surface area contributed by atoms with Gasteiger partial charge < -0.3 is 9.84 Å². The van der Waals surface area contributed by atoms with E-state index in [2.05, 4.69) is 17.4 Å². The number of ether oxygens (including phenoxy) is 1. The third-order valence-electron chi connectivity index (χ3n) is 0.927. The molecule has 0 bridgehead atoms. The summed E-state index contributed by atoms with van der Waals surface area (Å²) in [6.07, 6.45) is 0.384. The highest BCUT2D eigenvalue weighted by atomic mass is 32.1. The van der Waals surface area contributed by atoms with Crippen LogP contribution < -0.4 is 0 Å². The number of rotatable bonds is 5. The Morgan fingerprint density at radius 1 is 1.45 bits per heavy atom. The molecule has 0 aromatic rings. The van der Waals surface area contributed by atoms with Crippen LogP contribution in [0.4, 0.5) is 0 Å². The summed E-state index contributed by atoms with van der Waals surface area (Å²) >= 11 is 3.67. The number of carboxylic acids is 1. The largest absolute Gasteiger partial charge is 0.481 e. The van der Waals surface area contributed by atoms with Crippen molar-refractivity contribution in [1.82, 2.24) is 0 Å². The number of thiol groups is 1. The highest BCUT2D eigenvalue weighted by Crippen LogP contribution is 1.91. The lowest BCUT2D eigenvalue weighted by atomic mass is 10.3. The van der Waals surface area contributed by atoms with Crippen LogP contribution >= 0.6 is 12.6 Å². The Balaban J connectivity index is 3.14. The van der Waals surface area contributed by atoms with Crippen LogP contribution in [-0.2, 0) is 14.3 Å². The lowest BCUT2D eigenvalue weighted by Gasteiger charge is -1.99. The Morgan fingerprint density at radius 3 is 2.55 bits per heavy atom. The number of carbonyl (C=O) groups excluding carboxylic acids is 1. The molecule has 5 heteroatoms. The van der Waals surface area contributed by atoms with E-state index in [0.717, 1.165) is 0 Å². The molecule has 0 saturated heterocycles. The smallest absolute Gasteiger partial charge is 0.315 e. The van der Waals surface area contributed by atoms with Crippen molar-refractivity contribution < 1.29 is 19.4 Å². The van der Waals surface area contributed by atoms with E-state index in [-0.39, 0.29) is 18.8 Å². The molecule has 0 radical (unpaired) electrons. The Bertz CT molecular complexity index is 146. The van der Waals surface area contributed by atoms with Gasteiger partial charge in [0.05, 0.1) is 12.4 Å². The Kier molecular flexibility index (Phi) is 5.64. The molecule has 0 spiro atoms. The summed E-state index contributed by atoms with van der Waals surface area (Å²) in [6.45, 7) is 0.158. The van der Waals surface area contributed by atoms with Gasteiger partial charge >= 0.3 is 11.9 Å². The van der Waals surface area contributed by atoms with Gasteiger partial charge in [0.15, 0.2) is 0 Å². The molecule has 0 aliphatic heterocycles. The molecule has 0 amide bonds. The van der Waals surface area contributed by atoms with Crippen LogP contribution in [0.1, 0.15) is 12.8 Å². The molecule has 0 heterocycles. The normalized spacial score (nSPS) is 9.18. The first kappa shape index (κ1) is 10.3. The summed E-state index contributed by atoms with van der Waals surface area (Å²) in [6, 6.07) is 0. The summed E-state index contributed by atoms with van der Waals surface area (Å²) in [5.74, 6) is -1.27. The van der Waals surface area contributed by atoms with E-state index in [4.69, 9.17) is 5.11 Å². The summed E-state index contributed by atoms with van der Waals surface area (Å²) in [4.78, 5) is 20.4. The van der Waals surface area contributed by atoms with Gasteiger partial charge in [0, 0.05) is 6.42 Å². The van der Waals surface area contributed by atoms with Gasteiger partial charge in [-0.3, -0.25) is 9.59 Å². The quantitative estimate of drug-likeness (QED) is 0.361. The van der Waals surface area contributed by atoms with Crippen molar-refractivity contribution in [3.05, 3.63) is 0 Å². The highest BCUT2D eigenvalue weighted by molar-refractivity contribution is 7.81. The zero-order valence-corrected chi connectivity index (χ0v) is 6.84. The Hall–Kier alpha value is -0.710. The zero-order chi connectivity index (χ0) is 8.69. The molecule has 1 N–H and O–H groups in total. The SMILES string of the molecule is O=C(O)CCCOC(=O)CS. The fourth-order valence-electron chi connectivity index (χ4n) is 0.455. The molecule has 0 aromatic carbocycles. The van der Waals surface area contributed by atoms with E-state index < -0.39 is 11.9 Å². The first-order chi connectivity index (χ1) is 5.16. The Labute approximate surface area is 69.9 Å². The van der Waals surface area contributed by atoms with Crippen molar-refractivity contribution in [2.45, 2.75) is 12.8 Å². The van der Waals surface area contributed by atoms with E-state index in [9.17, 15) is 9.59 Å². The molecule has 0 rings (SSSR count). The van der Waals surface area contributed by atoms with Crippen molar-refractivity contribution >= 4 is 24.6 Å². The van der Waals surface area contributed by atoms with E-state index in [1.807, 2.05) is 0 Å². The minimum absolute atomic E-state index is 0.0276. The third-order valence-corrected chi connectivity index (χ3v) is 1.19. The molecule has 0 aromatic heterocycles. The van der Waals surface area contributed by atoms with Crippen LogP contribution in [0.3, 0.4) is 0 Å². The maximum atomic E-state index is 10.4. The van der Waals surface area contributed by atoms with E-state index in [1.54, 1.807) is 0 Å². The van der Waals surface area contributed by atoms with Gasteiger partial charge in [-0.25, -0.2) is 0 Å². The fraction of sp³-hybridized carbons (Fsp3) is 0.667. The minimum atomic E-state index is -0.882. The molecular weight excluding hydrogens is 168 g/mol. The van der Waals surface area contributed by atoms with Crippen molar-refractivity contribution in [3.63, 3.8) is 0 Å². The van der Waals surface area contributed by atoms with Gasteiger partial charge in [0.1, 0.15) is 0 Å². The molecule has 0 saturated carbocycles. The lowest BCUT2D eigenvalue weighted by Crippen LogP contribution is -2.08. The minimum Gasteiger partial charge on any atom is -0.481 e. The van der Waals surface area contributed by atoms with Gasteiger partial charge in [0.2, 0.25) is 0 Å². The van der Waals surface area contributed by atoms with Crippen molar-refractivity contribution in [2.75, 3.05) is 12.4 Å². The molecule has 11 heavy (non-hydrogen) atoms. The van der Waals surface area contributed by atoms with Crippen molar-refractivity contribution in [2.24, 2.45) is 0 Å². The van der Waals surface area contributed by atoms with Gasteiger partial charge in [-0.15, -0.1) is 0 Å². The van der Waals surface area contributed by atoms with Crippen LogP contribution in [0.15, 0.2) is 0 Å². The second kappa shape index (κ2) is 6.03. The van der Waals surface area contributed by atoms with Crippen molar-refractivity contribution in [1.29, 1.82) is 0 Å². The first-order valence-electron chi connectivity index (χ1n) is 3.15. The fourth-order valence-corrected chi connectivity index (χ4v) is 0.546. The van der Waals surface area contributed by atoms with E-state index in [0.29, 0.717) is 6.42 Å². The molecule has 0 atom stereocenters. The molecule has 0 unspecified atom stereocenters. The van der Waals surface area contributed by atoms with E-state index >= 15 is 0 Å². The number of carbonyl (C=O) groups is 2. The van der Waals surface area contributed by atoms with Crippen LogP contribution in [0.5, 0.6) is 0 Å². The monoisotopic (exact) mass is 178 g/mol. The maximum absolute atomic E-state index is 10.4. The second-order valence-electron chi connectivity index (χ2n) is 1.88. The van der Waals surface area contributed by atoms with Crippen LogP contribution in [0, 0.1) is 0 Å². The number of esters is 1. The topological polar surface area (TPSA) is 63.6 Å². The average Bonchev–Trinajstić information content (AvgIpc) is 1.97. The average molecular weight is 178 g/mol. The predicted octanol–water partition coefficient (Wildman–Crippen LogP) is 0.324. The number of hydrogen-bond donors (Lipinski definition) is 2. The first-order valence-corrected chi connectivity index (χ1v) is 3.78. The van der Waals surface area contributed by atoms with Crippen LogP contribution in [0.2, 0.25) is 0 Å². The lowest BCUT2D eigenvalue weighted by molar-refractivity contribution is -0.143. The summed E-state index contributed by atoms with van der Waals surface area (Å²) < 4.78 is 4.56. The number of aliphatic carboxylic acids is 1. The summed E-state index contributed by atoms with van der Waals surface area (Å²) in [5, 5.41) is 8.18. The van der Waals surface area contributed by atoms with Gasteiger partial charge in [-0.1, -0.05) is 0 Å². The molecule has 0 aliphatic rings. The van der Waals surface area contributed by atoms with Gasteiger partial charge in [0.25, 0.3) is 0 Å². The van der Waals surface area contributed by atoms with Crippen LogP contribution in [0.25, 0.3) is 0 Å². The molecule has 64 valence electrons. The van der Waals surface area contributed by atoms with Crippen LogP contribution in [-0.4, -0.2) is 29.4 Å². The van der Waals surface area contributed by atoms with Crippen molar-refractivity contribution in [3.8, 4) is 0 Å². The highest BCUT2D eigenvalue weighted by Gasteiger charge is 1.99. The summed E-state index contributed by atoms with van der Waals surface area (Å²) in [7, 11) is 0. The number of hydrogen-bond acceptors (Lipinski definition) is 4. The third kappa shape index (κ3) is 7.18. The van der Waals surface area contributed by atoms with Gasteiger partial charge in [-0.05, 0) is 6.42 Å². The maximum Gasteiger partial charge on any atom is 0.315 e. The van der Waals surface area contributed by atoms with Gasteiger partial charge in [-0.2, -0.15) is 12.6 Å². The second-order valence-corrected chi connectivity index (χ2v) is 2.19. The predicted molar refractivity (Wildman–Crippen MR) is 41.7 cm³/mol. The zero-order valence-electron chi connectivity index (χ0n) is 5.95.